The number of nitrogens with zero attached hydrogens (tertiary/aromatic N) is 2. The molecular weight excluding hydrogens is 460 g/mol. The first-order valence-electron chi connectivity index (χ1n) is 11.1. The minimum Gasteiger partial charge on any atom is -0.481 e. The molecular formula is C28H26N2O4S. The number of anilines is 1. The van der Waals surface area contributed by atoms with E-state index in [4.69, 9.17) is 14.8 Å². The number of aliphatic carboxylic acids is 1. The molecule has 1 amide bonds. The Balaban J connectivity index is 1.78. The number of benzene rings is 3. The summed E-state index contributed by atoms with van der Waals surface area (Å²) in [7, 11) is 0. The van der Waals surface area contributed by atoms with Crippen LogP contribution in [0.1, 0.15) is 27.8 Å². The molecule has 0 atom stereocenters. The van der Waals surface area contributed by atoms with Gasteiger partial charge in [0.2, 0.25) is 0 Å². The number of aryl methyl sites for hydroxylation is 4. The van der Waals surface area contributed by atoms with E-state index in [2.05, 4.69) is 0 Å². The van der Waals surface area contributed by atoms with Crippen LogP contribution in [0.25, 0.3) is 6.08 Å². The van der Waals surface area contributed by atoms with Crippen LogP contribution in [-0.2, 0) is 9.59 Å². The zero-order valence-corrected chi connectivity index (χ0v) is 20.8. The summed E-state index contributed by atoms with van der Waals surface area (Å²) < 4.78 is 5.42. The summed E-state index contributed by atoms with van der Waals surface area (Å²) in [5.41, 5.74) is 6.65. The molecule has 1 N–H and O–H groups in total. The highest BCUT2D eigenvalue weighted by Crippen LogP contribution is 2.39. The first-order valence-corrected chi connectivity index (χ1v) is 12.0. The summed E-state index contributed by atoms with van der Waals surface area (Å²) in [4.78, 5) is 31.5. The van der Waals surface area contributed by atoms with Gasteiger partial charge in [0.15, 0.2) is 11.8 Å². The second-order valence-corrected chi connectivity index (χ2v) is 9.41. The normalized spacial score (nSPS) is 15.8. The van der Waals surface area contributed by atoms with Crippen molar-refractivity contribution >= 4 is 46.3 Å². The minimum absolute atomic E-state index is 0.200. The maximum Gasteiger partial charge on any atom is 0.341 e. The predicted molar refractivity (Wildman–Crippen MR) is 142 cm³/mol. The van der Waals surface area contributed by atoms with Crippen LogP contribution in [0.3, 0.4) is 0 Å². The van der Waals surface area contributed by atoms with Crippen LogP contribution in [0.2, 0.25) is 0 Å². The molecule has 0 saturated carbocycles. The quantitative estimate of drug-likeness (QED) is 0.420. The van der Waals surface area contributed by atoms with Crippen LogP contribution in [0, 0.1) is 27.7 Å². The molecule has 0 unspecified atom stereocenters. The average Bonchev–Trinajstić information content (AvgIpc) is 3.12. The number of rotatable bonds is 6. The van der Waals surface area contributed by atoms with Crippen molar-refractivity contribution in [3.8, 4) is 5.75 Å². The highest BCUT2D eigenvalue weighted by atomic mass is 32.2. The van der Waals surface area contributed by atoms with Crippen molar-refractivity contribution in [2.24, 2.45) is 4.99 Å². The molecule has 1 aliphatic heterocycles. The van der Waals surface area contributed by atoms with Gasteiger partial charge in [0, 0.05) is 5.56 Å². The van der Waals surface area contributed by atoms with Gasteiger partial charge in [0.25, 0.3) is 5.91 Å². The van der Waals surface area contributed by atoms with Crippen molar-refractivity contribution in [3.05, 3.63) is 93.4 Å². The molecule has 0 radical (unpaired) electrons. The van der Waals surface area contributed by atoms with E-state index in [0.717, 1.165) is 28.1 Å². The van der Waals surface area contributed by atoms with Gasteiger partial charge in [0.05, 0.1) is 16.3 Å². The van der Waals surface area contributed by atoms with E-state index in [-0.39, 0.29) is 5.91 Å². The van der Waals surface area contributed by atoms with Crippen LogP contribution >= 0.6 is 11.8 Å². The maximum absolute atomic E-state index is 13.6. The van der Waals surface area contributed by atoms with Crippen LogP contribution in [0.4, 0.5) is 11.4 Å². The van der Waals surface area contributed by atoms with Gasteiger partial charge in [-0.05, 0) is 98.1 Å². The first-order chi connectivity index (χ1) is 16.7. The number of carbonyl (C=O) groups excluding carboxylic acids is 1. The Kier molecular flexibility index (Phi) is 7.07. The molecule has 6 nitrogen and oxygen atoms in total. The Morgan fingerprint density at radius 2 is 1.66 bits per heavy atom. The summed E-state index contributed by atoms with van der Waals surface area (Å²) >= 11 is 1.28. The molecule has 1 fully saturated rings. The molecule has 0 spiro atoms. The molecule has 4 rings (SSSR count). The van der Waals surface area contributed by atoms with Crippen LogP contribution < -0.4 is 9.64 Å². The van der Waals surface area contributed by atoms with Gasteiger partial charge in [-0.1, -0.05) is 30.3 Å². The van der Waals surface area contributed by atoms with Gasteiger partial charge in [0.1, 0.15) is 5.75 Å². The molecule has 0 aromatic heterocycles. The van der Waals surface area contributed by atoms with Crippen LogP contribution in [0.5, 0.6) is 5.75 Å². The molecule has 0 aliphatic carbocycles. The zero-order valence-electron chi connectivity index (χ0n) is 20.0. The van der Waals surface area contributed by atoms with Gasteiger partial charge < -0.3 is 9.84 Å². The largest absolute Gasteiger partial charge is 0.481 e. The smallest absolute Gasteiger partial charge is 0.341 e. The topological polar surface area (TPSA) is 79.2 Å². The third-order valence-corrected chi connectivity index (χ3v) is 6.80. The number of hydrogen-bond donors (Lipinski definition) is 1. The van der Waals surface area contributed by atoms with Gasteiger partial charge in [-0.25, -0.2) is 9.79 Å². The van der Waals surface area contributed by atoms with Crippen LogP contribution in [0.15, 0.2) is 70.6 Å². The number of para-hydroxylation sites is 1. The Hall–Kier alpha value is -3.84. The molecule has 0 bridgehead atoms. The third kappa shape index (κ3) is 5.46. The summed E-state index contributed by atoms with van der Waals surface area (Å²) in [6, 6.07) is 18.9. The maximum atomic E-state index is 13.6. The number of amidine groups is 1. The lowest BCUT2D eigenvalue weighted by Crippen LogP contribution is -2.28. The number of ether oxygens (including phenoxy) is 1. The lowest BCUT2D eigenvalue weighted by Gasteiger charge is -2.17. The third-order valence-electron chi connectivity index (χ3n) is 5.83. The van der Waals surface area contributed by atoms with Crippen molar-refractivity contribution in [2.45, 2.75) is 27.7 Å². The fraction of sp³-hybridized carbons (Fsp3) is 0.179. The molecule has 1 saturated heterocycles. The van der Waals surface area contributed by atoms with Gasteiger partial charge in [-0.2, -0.15) is 0 Å². The van der Waals surface area contributed by atoms with Gasteiger partial charge >= 0.3 is 5.97 Å². The highest BCUT2D eigenvalue weighted by Gasteiger charge is 2.35. The summed E-state index contributed by atoms with van der Waals surface area (Å²) in [5, 5.41) is 9.54. The standard InChI is InChI=1S/C28H26N2O4S/c1-17-9-11-22(13-19(17)3)29-28-30(23-12-10-18(2)20(4)14-23)27(33)25(35-28)15-21-7-5-6-8-24(21)34-16-26(31)32/h5-15H,16H2,1-4H3,(H,31,32)/b25-15-,29-28?. The summed E-state index contributed by atoms with van der Waals surface area (Å²) in [5.74, 6) is -0.871. The number of carbonyl (C=O) groups is 2. The van der Waals surface area contributed by atoms with Crippen molar-refractivity contribution < 1.29 is 19.4 Å². The predicted octanol–water partition coefficient (Wildman–Crippen LogP) is 6.19. The average molecular weight is 487 g/mol. The highest BCUT2D eigenvalue weighted by molar-refractivity contribution is 8.19. The fourth-order valence-electron chi connectivity index (χ4n) is 3.56. The van der Waals surface area contributed by atoms with Crippen LogP contribution in [-0.4, -0.2) is 28.8 Å². The Morgan fingerprint density at radius 1 is 0.971 bits per heavy atom. The number of aliphatic imine (C=N–C) groups is 1. The molecule has 35 heavy (non-hydrogen) atoms. The van der Waals surface area contributed by atoms with E-state index in [9.17, 15) is 9.59 Å². The van der Waals surface area contributed by atoms with E-state index in [1.807, 2.05) is 70.2 Å². The number of hydrogen-bond acceptors (Lipinski definition) is 5. The van der Waals surface area contributed by atoms with Crippen molar-refractivity contribution in [1.82, 2.24) is 0 Å². The Bertz CT molecular complexity index is 1380. The fourth-order valence-corrected chi connectivity index (χ4v) is 4.55. The monoisotopic (exact) mass is 486 g/mol. The number of carboxylic acid groups (broad SMARTS) is 1. The van der Waals surface area contributed by atoms with Crippen molar-refractivity contribution in [1.29, 1.82) is 0 Å². The zero-order chi connectivity index (χ0) is 25.1. The molecule has 1 aliphatic rings. The number of carboxylic acids is 1. The molecule has 3 aromatic carbocycles. The Morgan fingerprint density at radius 3 is 2.34 bits per heavy atom. The first kappa shape index (κ1) is 24.3. The van der Waals surface area contributed by atoms with Crippen molar-refractivity contribution in [2.75, 3.05) is 11.5 Å². The summed E-state index contributed by atoms with van der Waals surface area (Å²) in [6.07, 6.45) is 1.72. The Labute approximate surface area is 209 Å². The van der Waals surface area contributed by atoms with E-state index in [1.165, 1.54) is 17.3 Å². The molecule has 178 valence electrons. The molecule has 7 heteroatoms. The SMILES string of the molecule is Cc1ccc(N=C2S/C(=C\c3ccccc3OCC(=O)O)C(=O)N2c2ccc(C)c(C)c2)cc1C. The lowest BCUT2D eigenvalue weighted by molar-refractivity contribution is -0.139. The van der Waals surface area contributed by atoms with E-state index in [0.29, 0.717) is 21.4 Å². The molecule has 3 aromatic rings. The van der Waals surface area contributed by atoms with Gasteiger partial charge in [-0.15, -0.1) is 0 Å². The number of amides is 1. The van der Waals surface area contributed by atoms with E-state index < -0.39 is 12.6 Å². The molecule has 1 heterocycles. The van der Waals surface area contributed by atoms with E-state index >= 15 is 0 Å². The van der Waals surface area contributed by atoms with E-state index in [1.54, 1.807) is 29.2 Å². The van der Waals surface area contributed by atoms with Gasteiger partial charge in [-0.3, -0.25) is 9.69 Å². The minimum atomic E-state index is -1.07. The summed E-state index contributed by atoms with van der Waals surface area (Å²) in [6.45, 7) is 7.66. The second-order valence-electron chi connectivity index (χ2n) is 8.40. The second kappa shape index (κ2) is 10.2. The lowest BCUT2D eigenvalue weighted by atomic mass is 10.1. The van der Waals surface area contributed by atoms with Crippen molar-refractivity contribution in [3.63, 3.8) is 0 Å². The number of thioether (sulfide) groups is 1.